The third kappa shape index (κ3) is 4.76. The Hall–Kier alpha value is -2.17. The second-order valence-corrected chi connectivity index (χ2v) is 7.61. The Morgan fingerprint density at radius 1 is 1.22 bits per heavy atom. The van der Waals surface area contributed by atoms with Gasteiger partial charge in [-0.05, 0) is 50.7 Å². The molecule has 5 nitrogen and oxygen atoms in total. The molecule has 1 aromatic carbocycles. The SMILES string of the molecule is CCCC(=O)[C@@H]1CCCCC(c2nc(-c3ccc(C)c(OC)c3)no2)CC1. The Kier molecular flexibility index (Phi) is 6.64. The molecule has 0 N–H and O–H groups in total. The summed E-state index contributed by atoms with van der Waals surface area (Å²) in [6.07, 6.45) is 7.81. The second-order valence-electron chi connectivity index (χ2n) is 7.61. The number of nitrogens with zero attached hydrogens (tertiary/aromatic N) is 2. The van der Waals surface area contributed by atoms with Crippen LogP contribution in [-0.2, 0) is 4.79 Å². The zero-order valence-corrected chi connectivity index (χ0v) is 16.7. The van der Waals surface area contributed by atoms with Crippen molar-refractivity contribution in [2.24, 2.45) is 5.92 Å². The summed E-state index contributed by atoms with van der Waals surface area (Å²) < 4.78 is 11.0. The highest BCUT2D eigenvalue weighted by atomic mass is 16.5. The largest absolute Gasteiger partial charge is 0.496 e. The number of ketones is 1. The van der Waals surface area contributed by atoms with Gasteiger partial charge in [0.15, 0.2) is 0 Å². The Labute approximate surface area is 161 Å². The van der Waals surface area contributed by atoms with Gasteiger partial charge in [0.1, 0.15) is 11.5 Å². The van der Waals surface area contributed by atoms with E-state index in [1.165, 1.54) is 0 Å². The van der Waals surface area contributed by atoms with Crippen LogP contribution >= 0.6 is 0 Å². The first kappa shape index (κ1) is 19.6. The molecule has 0 radical (unpaired) electrons. The molecule has 1 fully saturated rings. The van der Waals surface area contributed by atoms with E-state index in [1.807, 2.05) is 25.1 Å². The normalized spacial score (nSPS) is 20.7. The molecular formula is C22H30N2O3. The molecule has 1 aromatic heterocycles. The molecule has 3 rings (SSSR count). The van der Waals surface area contributed by atoms with E-state index in [0.717, 1.165) is 61.8 Å². The van der Waals surface area contributed by atoms with E-state index in [4.69, 9.17) is 9.26 Å². The zero-order chi connectivity index (χ0) is 19.2. The van der Waals surface area contributed by atoms with E-state index in [2.05, 4.69) is 17.1 Å². The van der Waals surface area contributed by atoms with Crippen LogP contribution in [0.3, 0.4) is 0 Å². The third-order valence-electron chi connectivity index (χ3n) is 5.63. The number of carbonyl (C=O) groups excluding carboxylic acids is 1. The van der Waals surface area contributed by atoms with Gasteiger partial charge in [0.2, 0.25) is 11.7 Å². The molecule has 0 spiro atoms. The Balaban J connectivity index is 1.72. The molecule has 1 heterocycles. The molecule has 1 saturated carbocycles. The standard InChI is InChI=1S/C22H30N2O3/c1-4-7-19(25)16-8-5-6-9-17(13-12-16)22-23-21(24-27-22)18-11-10-15(2)20(14-18)26-3/h10-11,14,16-17H,4-9,12-13H2,1-3H3/t16-,17?/m1/s1. The van der Waals surface area contributed by atoms with E-state index < -0.39 is 0 Å². The number of carbonyl (C=O) groups is 1. The first-order valence-corrected chi connectivity index (χ1v) is 10.1. The maximum atomic E-state index is 12.3. The van der Waals surface area contributed by atoms with E-state index in [0.29, 0.717) is 23.9 Å². The molecule has 27 heavy (non-hydrogen) atoms. The van der Waals surface area contributed by atoms with Crippen LogP contribution in [0.4, 0.5) is 0 Å². The maximum Gasteiger partial charge on any atom is 0.230 e. The van der Waals surface area contributed by atoms with Crippen molar-refractivity contribution < 1.29 is 14.1 Å². The quantitative estimate of drug-likeness (QED) is 0.674. The number of benzene rings is 1. The lowest BCUT2D eigenvalue weighted by Crippen LogP contribution is -2.17. The summed E-state index contributed by atoms with van der Waals surface area (Å²) in [7, 11) is 1.67. The predicted molar refractivity (Wildman–Crippen MR) is 105 cm³/mol. The molecule has 0 bridgehead atoms. The van der Waals surface area contributed by atoms with E-state index in [9.17, 15) is 4.79 Å². The van der Waals surface area contributed by atoms with E-state index in [1.54, 1.807) is 7.11 Å². The summed E-state index contributed by atoms with van der Waals surface area (Å²) in [6.45, 7) is 4.08. The van der Waals surface area contributed by atoms with E-state index in [-0.39, 0.29) is 11.8 Å². The highest BCUT2D eigenvalue weighted by molar-refractivity contribution is 5.80. The number of hydrogen-bond acceptors (Lipinski definition) is 5. The second kappa shape index (κ2) is 9.16. The monoisotopic (exact) mass is 370 g/mol. The lowest BCUT2D eigenvalue weighted by molar-refractivity contribution is -0.123. The van der Waals surface area contributed by atoms with Gasteiger partial charge in [0.25, 0.3) is 0 Å². The van der Waals surface area contributed by atoms with Gasteiger partial charge in [-0.3, -0.25) is 4.79 Å². The predicted octanol–water partition coefficient (Wildman–Crippen LogP) is 5.48. The van der Waals surface area contributed by atoms with Crippen molar-refractivity contribution in [3.8, 4) is 17.1 Å². The summed E-state index contributed by atoms with van der Waals surface area (Å²) in [5.74, 6) is 3.00. The lowest BCUT2D eigenvalue weighted by atomic mass is 9.82. The van der Waals surface area contributed by atoms with Crippen LogP contribution in [0, 0.1) is 12.8 Å². The first-order chi connectivity index (χ1) is 13.1. The lowest BCUT2D eigenvalue weighted by Gasteiger charge is -2.22. The maximum absolute atomic E-state index is 12.3. The fourth-order valence-corrected chi connectivity index (χ4v) is 3.97. The topological polar surface area (TPSA) is 65.2 Å². The van der Waals surface area contributed by atoms with Gasteiger partial charge < -0.3 is 9.26 Å². The van der Waals surface area contributed by atoms with Crippen LogP contribution in [0.1, 0.15) is 75.7 Å². The van der Waals surface area contributed by atoms with Gasteiger partial charge in [0, 0.05) is 23.8 Å². The third-order valence-corrected chi connectivity index (χ3v) is 5.63. The van der Waals surface area contributed by atoms with Crippen LogP contribution in [0.25, 0.3) is 11.4 Å². The van der Waals surface area contributed by atoms with Crippen molar-refractivity contribution in [2.45, 2.75) is 71.1 Å². The van der Waals surface area contributed by atoms with Crippen molar-refractivity contribution in [3.63, 3.8) is 0 Å². The smallest absolute Gasteiger partial charge is 0.230 e. The van der Waals surface area contributed by atoms with Gasteiger partial charge in [0.05, 0.1) is 7.11 Å². The van der Waals surface area contributed by atoms with Crippen molar-refractivity contribution in [1.29, 1.82) is 0 Å². The Bertz CT molecular complexity index is 769. The number of ether oxygens (including phenoxy) is 1. The Morgan fingerprint density at radius 2 is 2.04 bits per heavy atom. The number of rotatable bonds is 6. The number of methoxy groups -OCH3 is 1. The molecule has 1 aliphatic carbocycles. The van der Waals surface area contributed by atoms with Crippen LogP contribution in [0.2, 0.25) is 0 Å². The molecule has 0 saturated heterocycles. The van der Waals surface area contributed by atoms with Crippen LogP contribution in [0.5, 0.6) is 5.75 Å². The minimum absolute atomic E-state index is 0.205. The van der Waals surface area contributed by atoms with Crippen LogP contribution in [0.15, 0.2) is 22.7 Å². The number of Topliss-reactive ketones (excluding diaryl/α,β-unsaturated/α-hetero) is 1. The first-order valence-electron chi connectivity index (χ1n) is 10.1. The average Bonchev–Trinajstić information content (AvgIpc) is 3.12. The summed E-state index contributed by atoms with van der Waals surface area (Å²) in [5, 5.41) is 4.20. The summed E-state index contributed by atoms with van der Waals surface area (Å²) >= 11 is 0. The fourth-order valence-electron chi connectivity index (χ4n) is 3.97. The van der Waals surface area contributed by atoms with Crippen LogP contribution < -0.4 is 4.74 Å². The molecule has 1 unspecified atom stereocenters. The number of aryl methyl sites for hydroxylation is 1. The molecule has 2 aromatic rings. The highest BCUT2D eigenvalue weighted by Gasteiger charge is 2.26. The number of aromatic nitrogens is 2. The van der Waals surface area contributed by atoms with Crippen molar-refractivity contribution in [3.05, 3.63) is 29.7 Å². The van der Waals surface area contributed by atoms with Gasteiger partial charge in [-0.25, -0.2) is 0 Å². The van der Waals surface area contributed by atoms with Crippen LogP contribution in [-0.4, -0.2) is 23.0 Å². The van der Waals surface area contributed by atoms with Crippen molar-refractivity contribution in [1.82, 2.24) is 10.1 Å². The fraction of sp³-hybridized carbons (Fsp3) is 0.591. The van der Waals surface area contributed by atoms with Gasteiger partial charge in [-0.1, -0.05) is 37.1 Å². The minimum Gasteiger partial charge on any atom is -0.496 e. The van der Waals surface area contributed by atoms with Crippen molar-refractivity contribution >= 4 is 5.78 Å². The summed E-state index contributed by atoms with van der Waals surface area (Å²) in [5.41, 5.74) is 1.97. The average molecular weight is 370 g/mol. The van der Waals surface area contributed by atoms with Gasteiger partial charge >= 0.3 is 0 Å². The molecule has 1 aliphatic rings. The molecule has 0 amide bonds. The molecule has 2 atom stereocenters. The highest BCUT2D eigenvalue weighted by Crippen LogP contribution is 2.34. The molecule has 146 valence electrons. The van der Waals surface area contributed by atoms with E-state index >= 15 is 0 Å². The van der Waals surface area contributed by atoms with Gasteiger partial charge in [-0.2, -0.15) is 4.98 Å². The van der Waals surface area contributed by atoms with Gasteiger partial charge in [-0.15, -0.1) is 0 Å². The Morgan fingerprint density at radius 3 is 2.81 bits per heavy atom. The zero-order valence-electron chi connectivity index (χ0n) is 16.7. The molecule has 5 heteroatoms. The van der Waals surface area contributed by atoms with Crippen molar-refractivity contribution in [2.75, 3.05) is 7.11 Å². The number of hydrogen-bond donors (Lipinski definition) is 0. The summed E-state index contributed by atoms with van der Waals surface area (Å²) in [4.78, 5) is 17.0. The molecular weight excluding hydrogens is 340 g/mol. The molecule has 0 aliphatic heterocycles. The summed E-state index contributed by atoms with van der Waals surface area (Å²) in [6, 6.07) is 5.94. The minimum atomic E-state index is 0.205.